The summed E-state index contributed by atoms with van der Waals surface area (Å²) in [5, 5.41) is 0. The molecule has 74 valence electrons. The van der Waals surface area contributed by atoms with Crippen molar-refractivity contribution in [2.24, 2.45) is 11.1 Å². The number of nitrogens with two attached hydrogens (primary N) is 1. The van der Waals surface area contributed by atoms with E-state index in [-0.39, 0.29) is 11.2 Å². The molecule has 0 amide bonds. The number of carbonyl (C=O) groups excluding carboxylic acids is 1. The summed E-state index contributed by atoms with van der Waals surface area (Å²) in [4.78, 5) is 12.1. The van der Waals surface area contributed by atoms with Gasteiger partial charge in [-0.2, -0.15) is 0 Å². The maximum Gasteiger partial charge on any atom is 0.170 e. The van der Waals surface area contributed by atoms with Crippen molar-refractivity contribution < 1.29 is 4.79 Å². The molecule has 1 aromatic rings. The van der Waals surface area contributed by atoms with Crippen LogP contribution in [0.25, 0.3) is 0 Å². The van der Waals surface area contributed by atoms with Gasteiger partial charge in [0.25, 0.3) is 0 Å². The molecule has 14 heavy (non-hydrogen) atoms. The molecule has 1 saturated carbocycles. The number of rotatable bonds is 3. The summed E-state index contributed by atoms with van der Waals surface area (Å²) in [6.07, 6.45) is 1.91. The van der Waals surface area contributed by atoms with Crippen LogP contribution in [0, 0.1) is 12.3 Å². The van der Waals surface area contributed by atoms with Gasteiger partial charge in [0.2, 0.25) is 0 Å². The minimum atomic E-state index is -0.216. The fraction of sp³-hybridized carbons (Fsp3) is 0.417. The lowest BCUT2D eigenvalue weighted by Crippen LogP contribution is -2.25. The van der Waals surface area contributed by atoms with Crippen LogP contribution in [0.5, 0.6) is 0 Å². The molecule has 2 nitrogen and oxygen atoms in total. The number of Topliss-reactive ketones (excluding diaryl/α,β-unsaturated/α-hetero) is 1. The van der Waals surface area contributed by atoms with Crippen LogP contribution < -0.4 is 5.73 Å². The maximum atomic E-state index is 12.1. The molecule has 0 aliphatic heterocycles. The van der Waals surface area contributed by atoms with Crippen molar-refractivity contribution in [2.45, 2.75) is 19.8 Å². The van der Waals surface area contributed by atoms with Gasteiger partial charge in [-0.1, -0.05) is 24.3 Å². The Morgan fingerprint density at radius 3 is 2.57 bits per heavy atom. The van der Waals surface area contributed by atoms with E-state index in [2.05, 4.69) is 0 Å². The molecule has 2 N–H and O–H groups in total. The highest BCUT2D eigenvalue weighted by Gasteiger charge is 2.48. The Labute approximate surface area is 84.1 Å². The molecule has 1 aliphatic rings. The number of aryl methyl sites for hydroxylation is 1. The first-order chi connectivity index (χ1) is 6.69. The van der Waals surface area contributed by atoms with Gasteiger partial charge in [-0.05, 0) is 25.3 Å². The first-order valence-corrected chi connectivity index (χ1v) is 5.00. The molecular weight excluding hydrogens is 174 g/mol. The molecule has 0 saturated heterocycles. The van der Waals surface area contributed by atoms with Gasteiger partial charge in [0.1, 0.15) is 0 Å². The molecule has 0 radical (unpaired) electrons. The highest BCUT2D eigenvalue weighted by Crippen LogP contribution is 2.47. The smallest absolute Gasteiger partial charge is 0.170 e. The average Bonchev–Trinajstić information content (AvgIpc) is 2.98. The predicted octanol–water partition coefficient (Wildman–Crippen LogP) is 1.92. The van der Waals surface area contributed by atoms with E-state index in [4.69, 9.17) is 5.73 Å². The Morgan fingerprint density at radius 1 is 1.43 bits per heavy atom. The van der Waals surface area contributed by atoms with Crippen molar-refractivity contribution in [3.8, 4) is 0 Å². The van der Waals surface area contributed by atoms with E-state index in [1.165, 1.54) is 0 Å². The SMILES string of the molecule is Cc1ccccc1C(=O)C1(CN)CC1. The normalized spacial score (nSPS) is 17.9. The van der Waals surface area contributed by atoms with E-state index in [1.54, 1.807) is 0 Å². The zero-order chi connectivity index (χ0) is 10.2. The van der Waals surface area contributed by atoms with Crippen molar-refractivity contribution in [3.05, 3.63) is 35.4 Å². The van der Waals surface area contributed by atoms with E-state index in [1.807, 2.05) is 31.2 Å². The molecule has 1 aromatic carbocycles. The van der Waals surface area contributed by atoms with E-state index in [0.29, 0.717) is 6.54 Å². The van der Waals surface area contributed by atoms with Crippen LogP contribution in [-0.4, -0.2) is 12.3 Å². The van der Waals surface area contributed by atoms with E-state index >= 15 is 0 Å². The average molecular weight is 189 g/mol. The molecular formula is C12H15NO. The van der Waals surface area contributed by atoms with Crippen LogP contribution in [0.4, 0.5) is 0 Å². The third kappa shape index (κ3) is 1.36. The molecule has 0 bridgehead atoms. The zero-order valence-corrected chi connectivity index (χ0v) is 8.42. The Morgan fingerprint density at radius 2 is 2.07 bits per heavy atom. The monoisotopic (exact) mass is 189 g/mol. The molecule has 0 atom stereocenters. The molecule has 1 aliphatic carbocycles. The minimum Gasteiger partial charge on any atom is -0.329 e. The molecule has 0 unspecified atom stereocenters. The van der Waals surface area contributed by atoms with Gasteiger partial charge in [0.15, 0.2) is 5.78 Å². The first-order valence-electron chi connectivity index (χ1n) is 5.00. The van der Waals surface area contributed by atoms with Crippen LogP contribution in [-0.2, 0) is 0 Å². The Kier molecular flexibility index (Phi) is 2.16. The minimum absolute atomic E-state index is 0.216. The maximum absolute atomic E-state index is 12.1. The quantitative estimate of drug-likeness (QED) is 0.738. The molecule has 0 aromatic heterocycles. The standard InChI is InChI=1S/C12H15NO/c1-9-4-2-3-5-10(9)11(14)12(8-13)6-7-12/h2-5H,6-8,13H2,1H3. The van der Waals surface area contributed by atoms with Gasteiger partial charge in [-0.25, -0.2) is 0 Å². The van der Waals surface area contributed by atoms with E-state index in [0.717, 1.165) is 24.0 Å². The van der Waals surface area contributed by atoms with Crippen LogP contribution in [0.1, 0.15) is 28.8 Å². The lowest BCUT2D eigenvalue weighted by atomic mass is 9.92. The molecule has 0 heterocycles. The van der Waals surface area contributed by atoms with Crippen LogP contribution >= 0.6 is 0 Å². The zero-order valence-electron chi connectivity index (χ0n) is 8.42. The summed E-state index contributed by atoms with van der Waals surface area (Å²) in [5.74, 6) is 0.234. The lowest BCUT2D eigenvalue weighted by Gasteiger charge is -2.12. The van der Waals surface area contributed by atoms with Crippen LogP contribution in [0.15, 0.2) is 24.3 Å². The first kappa shape index (κ1) is 9.41. The fourth-order valence-electron chi connectivity index (χ4n) is 1.79. The Balaban J connectivity index is 2.32. The molecule has 1 fully saturated rings. The van der Waals surface area contributed by atoms with Gasteiger partial charge in [-0.15, -0.1) is 0 Å². The number of hydrogen-bond donors (Lipinski definition) is 1. The second kappa shape index (κ2) is 3.21. The van der Waals surface area contributed by atoms with Gasteiger partial charge >= 0.3 is 0 Å². The van der Waals surface area contributed by atoms with Gasteiger partial charge in [-0.3, -0.25) is 4.79 Å². The third-order valence-electron chi connectivity index (χ3n) is 3.12. The molecule has 2 rings (SSSR count). The number of hydrogen-bond acceptors (Lipinski definition) is 2. The lowest BCUT2D eigenvalue weighted by molar-refractivity contribution is 0.0905. The predicted molar refractivity (Wildman–Crippen MR) is 56.2 cm³/mol. The Hall–Kier alpha value is -1.15. The van der Waals surface area contributed by atoms with Crippen LogP contribution in [0.2, 0.25) is 0 Å². The largest absolute Gasteiger partial charge is 0.329 e. The van der Waals surface area contributed by atoms with Gasteiger partial charge in [0, 0.05) is 17.5 Å². The highest BCUT2D eigenvalue weighted by molar-refractivity contribution is 6.03. The summed E-state index contributed by atoms with van der Waals surface area (Å²) in [7, 11) is 0. The Bertz CT molecular complexity index is 366. The summed E-state index contributed by atoms with van der Waals surface area (Å²) in [6, 6.07) is 7.73. The second-order valence-electron chi connectivity index (χ2n) is 4.13. The fourth-order valence-corrected chi connectivity index (χ4v) is 1.79. The summed E-state index contributed by atoms with van der Waals surface area (Å²) < 4.78 is 0. The van der Waals surface area contributed by atoms with Crippen molar-refractivity contribution in [3.63, 3.8) is 0 Å². The summed E-state index contributed by atoms with van der Waals surface area (Å²) >= 11 is 0. The number of benzene rings is 1. The second-order valence-corrected chi connectivity index (χ2v) is 4.13. The summed E-state index contributed by atoms with van der Waals surface area (Å²) in [5.41, 5.74) is 7.32. The van der Waals surface area contributed by atoms with Crippen molar-refractivity contribution >= 4 is 5.78 Å². The van der Waals surface area contributed by atoms with Gasteiger partial charge in [0.05, 0.1) is 0 Å². The van der Waals surface area contributed by atoms with Crippen molar-refractivity contribution in [1.82, 2.24) is 0 Å². The number of ketones is 1. The molecule has 2 heteroatoms. The van der Waals surface area contributed by atoms with E-state index < -0.39 is 0 Å². The van der Waals surface area contributed by atoms with Gasteiger partial charge < -0.3 is 5.73 Å². The van der Waals surface area contributed by atoms with Crippen LogP contribution in [0.3, 0.4) is 0 Å². The van der Waals surface area contributed by atoms with Crippen molar-refractivity contribution in [2.75, 3.05) is 6.54 Å². The van der Waals surface area contributed by atoms with Crippen molar-refractivity contribution in [1.29, 1.82) is 0 Å². The highest BCUT2D eigenvalue weighted by atomic mass is 16.1. The third-order valence-corrected chi connectivity index (χ3v) is 3.12. The summed E-state index contributed by atoms with van der Waals surface area (Å²) in [6.45, 7) is 2.46. The topological polar surface area (TPSA) is 43.1 Å². The number of carbonyl (C=O) groups is 1. The molecule has 0 spiro atoms. The van der Waals surface area contributed by atoms with E-state index in [9.17, 15) is 4.79 Å².